The molecule has 1 unspecified atom stereocenters. The first-order chi connectivity index (χ1) is 8.56. The van der Waals surface area contributed by atoms with Crippen LogP contribution >= 0.6 is 0 Å². The summed E-state index contributed by atoms with van der Waals surface area (Å²) in [6, 6.07) is 7.43. The number of hydrogen-bond acceptors (Lipinski definition) is 2. The first-order valence-corrected chi connectivity index (χ1v) is 7.12. The van der Waals surface area contributed by atoms with Gasteiger partial charge in [0.1, 0.15) is 0 Å². The van der Waals surface area contributed by atoms with Crippen LogP contribution in [0.1, 0.15) is 31.4 Å². The highest BCUT2D eigenvalue weighted by molar-refractivity contribution is 5.54. The van der Waals surface area contributed by atoms with E-state index in [2.05, 4.69) is 56.1 Å². The second-order valence-electron chi connectivity index (χ2n) is 6.02. The molecule has 0 aromatic heterocycles. The molecule has 18 heavy (non-hydrogen) atoms. The summed E-state index contributed by atoms with van der Waals surface area (Å²) < 4.78 is 0. The van der Waals surface area contributed by atoms with Crippen LogP contribution in [0, 0.1) is 19.8 Å². The van der Waals surface area contributed by atoms with Crippen LogP contribution in [0.3, 0.4) is 0 Å². The molecule has 1 aromatic carbocycles. The highest BCUT2D eigenvalue weighted by Crippen LogP contribution is 2.23. The molecule has 0 spiro atoms. The van der Waals surface area contributed by atoms with Crippen molar-refractivity contribution in [3.63, 3.8) is 0 Å². The van der Waals surface area contributed by atoms with Crippen LogP contribution in [0.25, 0.3) is 0 Å². The lowest BCUT2D eigenvalue weighted by atomic mass is 10.0. The number of aryl methyl sites for hydroxylation is 2. The van der Waals surface area contributed by atoms with Gasteiger partial charge in [-0.15, -0.1) is 0 Å². The summed E-state index contributed by atoms with van der Waals surface area (Å²) in [5.41, 5.74) is 4.17. The summed E-state index contributed by atoms with van der Waals surface area (Å²) in [4.78, 5) is 2.54. The second kappa shape index (κ2) is 5.75. The molecule has 1 heterocycles. The summed E-state index contributed by atoms with van der Waals surface area (Å²) in [7, 11) is 0. The third-order valence-electron chi connectivity index (χ3n) is 3.70. The number of nitrogens with zero attached hydrogens (tertiary/aromatic N) is 1. The molecule has 0 aliphatic carbocycles. The Hall–Kier alpha value is -1.02. The van der Waals surface area contributed by atoms with Gasteiger partial charge in [-0.05, 0) is 37.8 Å². The Labute approximate surface area is 111 Å². The van der Waals surface area contributed by atoms with E-state index in [4.69, 9.17) is 0 Å². The number of benzene rings is 1. The fourth-order valence-corrected chi connectivity index (χ4v) is 2.93. The lowest BCUT2D eigenvalue weighted by molar-refractivity contribution is 0.388. The van der Waals surface area contributed by atoms with E-state index in [-0.39, 0.29) is 0 Å². The monoisotopic (exact) mass is 246 g/mol. The van der Waals surface area contributed by atoms with Crippen molar-refractivity contribution in [3.05, 3.63) is 29.3 Å². The van der Waals surface area contributed by atoms with Crippen LogP contribution in [-0.4, -0.2) is 25.7 Å². The Morgan fingerprint density at radius 1 is 1.33 bits per heavy atom. The second-order valence-corrected chi connectivity index (χ2v) is 6.02. The van der Waals surface area contributed by atoms with Gasteiger partial charge in [0.15, 0.2) is 0 Å². The van der Waals surface area contributed by atoms with Gasteiger partial charge in [-0.25, -0.2) is 0 Å². The van der Waals surface area contributed by atoms with E-state index >= 15 is 0 Å². The number of rotatable bonds is 3. The smallest absolute Gasteiger partial charge is 0.0397 e. The fourth-order valence-electron chi connectivity index (χ4n) is 2.93. The maximum absolute atomic E-state index is 3.64. The largest absolute Gasteiger partial charge is 0.368 e. The van der Waals surface area contributed by atoms with Gasteiger partial charge < -0.3 is 10.2 Å². The van der Waals surface area contributed by atoms with E-state index in [1.54, 1.807) is 0 Å². The van der Waals surface area contributed by atoms with Crippen LogP contribution < -0.4 is 10.2 Å². The van der Waals surface area contributed by atoms with Gasteiger partial charge in [-0.1, -0.05) is 31.5 Å². The predicted octanol–water partition coefficient (Wildman–Crippen LogP) is 3.13. The zero-order chi connectivity index (χ0) is 13.1. The first kappa shape index (κ1) is 13.4. The minimum absolute atomic E-state index is 0.638. The van der Waals surface area contributed by atoms with E-state index in [0.29, 0.717) is 6.04 Å². The highest BCUT2D eigenvalue weighted by atomic mass is 15.2. The molecule has 1 aliphatic heterocycles. The molecule has 2 heteroatoms. The molecule has 1 saturated heterocycles. The molecule has 0 bridgehead atoms. The average Bonchev–Trinajstić information content (AvgIpc) is 2.28. The zero-order valence-electron chi connectivity index (χ0n) is 12.2. The number of hydrogen-bond donors (Lipinski definition) is 1. The average molecular weight is 246 g/mol. The van der Waals surface area contributed by atoms with Gasteiger partial charge in [-0.3, -0.25) is 0 Å². The van der Waals surface area contributed by atoms with E-state index < -0.39 is 0 Å². The maximum Gasteiger partial charge on any atom is 0.0397 e. The van der Waals surface area contributed by atoms with Gasteiger partial charge in [0.05, 0.1) is 0 Å². The zero-order valence-corrected chi connectivity index (χ0v) is 12.2. The van der Waals surface area contributed by atoms with Gasteiger partial charge in [0, 0.05) is 31.4 Å². The van der Waals surface area contributed by atoms with Crippen LogP contribution in [0.15, 0.2) is 18.2 Å². The minimum atomic E-state index is 0.638. The van der Waals surface area contributed by atoms with Crippen molar-refractivity contribution in [3.8, 4) is 0 Å². The summed E-state index contributed by atoms with van der Waals surface area (Å²) in [5, 5.41) is 3.64. The van der Waals surface area contributed by atoms with Crippen molar-refractivity contribution < 1.29 is 0 Å². The Morgan fingerprint density at radius 2 is 2.11 bits per heavy atom. The standard InChI is InChI=1S/C16H26N2/c1-12(2)9-15-11-18(8-7-17-15)16-6-5-13(3)10-14(16)4/h5-6,10,12,15,17H,7-9,11H2,1-4H3. The molecule has 1 aromatic rings. The van der Waals surface area contributed by atoms with Crippen molar-refractivity contribution in [2.24, 2.45) is 5.92 Å². The van der Waals surface area contributed by atoms with Crippen LogP contribution in [-0.2, 0) is 0 Å². The van der Waals surface area contributed by atoms with Crippen LogP contribution in [0.4, 0.5) is 5.69 Å². The van der Waals surface area contributed by atoms with Crippen LogP contribution in [0.5, 0.6) is 0 Å². The molecule has 0 radical (unpaired) electrons. The molecule has 0 amide bonds. The van der Waals surface area contributed by atoms with Gasteiger partial charge >= 0.3 is 0 Å². The first-order valence-electron chi connectivity index (χ1n) is 7.12. The maximum atomic E-state index is 3.64. The van der Waals surface area contributed by atoms with Crippen molar-refractivity contribution in [2.45, 2.75) is 40.2 Å². The topological polar surface area (TPSA) is 15.3 Å². The number of piperazine rings is 1. The Balaban J connectivity index is 2.08. The normalized spacial score (nSPS) is 20.5. The van der Waals surface area contributed by atoms with Crippen molar-refractivity contribution >= 4 is 5.69 Å². The van der Waals surface area contributed by atoms with E-state index in [0.717, 1.165) is 25.6 Å². The quantitative estimate of drug-likeness (QED) is 0.881. The lowest BCUT2D eigenvalue weighted by Gasteiger charge is -2.37. The third kappa shape index (κ3) is 3.26. The molecule has 1 N–H and O–H groups in total. The highest BCUT2D eigenvalue weighted by Gasteiger charge is 2.21. The molecule has 1 aliphatic rings. The van der Waals surface area contributed by atoms with Crippen molar-refractivity contribution in [2.75, 3.05) is 24.5 Å². The van der Waals surface area contributed by atoms with Gasteiger partial charge in [0.2, 0.25) is 0 Å². The lowest BCUT2D eigenvalue weighted by Crippen LogP contribution is -2.51. The van der Waals surface area contributed by atoms with Crippen molar-refractivity contribution in [1.29, 1.82) is 0 Å². The molecule has 1 atom stereocenters. The molecule has 2 rings (SSSR count). The Kier molecular flexibility index (Phi) is 4.28. The molecular weight excluding hydrogens is 220 g/mol. The van der Waals surface area contributed by atoms with Gasteiger partial charge in [0.25, 0.3) is 0 Å². The van der Waals surface area contributed by atoms with E-state index in [9.17, 15) is 0 Å². The van der Waals surface area contributed by atoms with E-state index in [1.807, 2.05) is 0 Å². The fraction of sp³-hybridized carbons (Fsp3) is 0.625. The molecule has 0 saturated carbocycles. The Bertz CT molecular complexity index is 398. The third-order valence-corrected chi connectivity index (χ3v) is 3.70. The summed E-state index contributed by atoms with van der Waals surface area (Å²) in [6.45, 7) is 12.4. The van der Waals surface area contributed by atoms with Crippen LogP contribution in [0.2, 0.25) is 0 Å². The molecule has 1 fully saturated rings. The number of nitrogens with one attached hydrogen (secondary N) is 1. The SMILES string of the molecule is Cc1ccc(N2CCNC(CC(C)C)C2)c(C)c1. The summed E-state index contributed by atoms with van der Waals surface area (Å²) >= 11 is 0. The molecular formula is C16H26N2. The van der Waals surface area contributed by atoms with E-state index in [1.165, 1.54) is 23.2 Å². The van der Waals surface area contributed by atoms with Crippen molar-refractivity contribution in [1.82, 2.24) is 5.32 Å². The predicted molar refractivity (Wildman–Crippen MR) is 79.4 cm³/mol. The minimum Gasteiger partial charge on any atom is -0.368 e. The summed E-state index contributed by atoms with van der Waals surface area (Å²) in [5.74, 6) is 0.765. The number of anilines is 1. The molecule has 100 valence electrons. The molecule has 2 nitrogen and oxygen atoms in total. The van der Waals surface area contributed by atoms with Gasteiger partial charge in [-0.2, -0.15) is 0 Å². The summed E-state index contributed by atoms with van der Waals surface area (Å²) in [6.07, 6.45) is 1.27. The Morgan fingerprint density at radius 3 is 2.78 bits per heavy atom.